The number of methoxy groups -OCH3 is 1. The van der Waals surface area contributed by atoms with Crippen LogP contribution in [0.3, 0.4) is 0 Å². The number of thioether (sulfide) groups is 1. The fourth-order valence-electron chi connectivity index (χ4n) is 1.91. The molecule has 3 rings (SSSR count). The van der Waals surface area contributed by atoms with Gasteiger partial charge in [0.25, 0.3) is 0 Å². The van der Waals surface area contributed by atoms with Crippen LogP contribution >= 0.6 is 46.0 Å². The Bertz CT molecular complexity index is 831. The minimum absolute atomic E-state index is 0.0522. The van der Waals surface area contributed by atoms with Crippen LogP contribution < -0.4 is 10.1 Å². The summed E-state index contributed by atoms with van der Waals surface area (Å²) in [5, 5.41) is 3.45. The number of carbonyl (C=O) groups is 1. The Balaban J connectivity index is 1.55. The lowest BCUT2D eigenvalue weighted by molar-refractivity contribution is -0.113. The predicted molar refractivity (Wildman–Crippen MR) is 100 cm³/mol. The van der Waals surface area contributed by atoms with Crippen molar-refractivity contribution in [1.29, 1.82) is 0 Å². The van der Waals surface area contributed by atoms with Crippen molar-refractivity contribution in [1.82, 2.24) is 4.98 Å². The summed E-state index contributed by atoms with van der Waals surface area (Å²) >= 11 is 10.4. The van der Waals surface area contributed by atoms with Crippen LogP contribution in [0.5, 0.6) is 5.75 Å². The van der Waals surface area contributed by atoms with Crippen LogP contribution in [0.4, 0.5) is 5.13 Å². The molecule has 0 saturated carbocycles. The first-order valence-electron chi connectivity index (χ1n) is 6.70. The van der Waals surface area contributed by atoms with Crippen LogP contribution in [0.25, 0.3) is 10.2 Å². The molecular weight excluding hydrogens is 372 g/mol. The van der Waals surface area contributed by atoms with Crippen molar-refractivity contribution in [3.63, 3.8) is 0 Å². The summed E-state index contributed by atoms with van der Waals surface area (Å²) < 4.78 is 6.95. The second-order valence-corrected chi connectivity index (χ2v) is 8.42. The predicted octanol–water partition coefficient (Wildman–Crippen LogP) is 4.89. The molecule has 120 valence electrons. The highest BCUT2D eigenvalue weighted by Crippen LogP contribution is 2.29. The van der Waals surface area contributed by atoms with Gasteiger partial charge >= 0.3 is 0 Å². The highest BCUT2D eigenvalue weighted by atomic mass is 35.5. The highest BCUT2D eigenvalue weighted by molar-refractivity contribution is 7.99. The zero-order valence-electron chi connectivity index (χ0n) is 12.2. The SMILES string of the molecule is COc1ccc2nc(NC(=O)CSCc3ccc(Cl)s3)sc2c1. The molecular formula is C15H13ClN2O2S3. The quantitative estimate of drug-likeness (QED) is 0.657. The molecule has 4 nitrogen and oxygen atoms in total. The minimum Gasteiger partial charge on any atom is -0.497 e. The molecule has 0 unspecified atom stereocenters. The Hall–Kier alpha value is -1.28. The first-order valence-corrected chi connectivity index (χ1v) is 9.87. The number of benzene rings is 1. The lowest BCUT2D eigenvalue weighted by atomic mass is 10.3. The molecule has 0 fully saturated rings. The van der Waals surface area contributed by atoms with Crippen molar-refractivity contribution in [3.05, 3.63) is 39.5 Å². The van der Waals surface area contributed by atoms with Crippen LogP contribution in [0.1, 0.15) is 4.88 Å². The zero-order chi connectivity index (χ0) is 16.2. The second kappa shape index (κ2) is 7.53. The summed E-state index contributed by atoms with van der Waals surface area (Å²) in [5.41, 5.74) is 0.854. The van der Waals surface area contributed by atoms with Gasteiger partial charge < -0.3 is 10.1 Å². The van der Waals surface area contributed by atoms with E-state index in [2.05, 4.69) is 10.3 Å². The maximum absolute atomic E-state index is 12.0. The number of nitrogens with zero attached hydrogens (tertiary/aromatic N) is 1. The fraction of sp³-hybridized carbons (Fsp3) is 0.200. The Labute approximate surface area is 150 Å². The molecule has 0 aliphatic heterocycles. The minimum atomic E-state index is -0.0522. The monoisotopic (exact) mass is 384 g/mol. The van der Waals surface area contributed by atoms with Crippen molar-refractivity contribution >= 4 is 67.3 Å². The first-order chi connectivity index (χ1) is 11.1. The van der Waals surface area contributed by atoms with Gasteiger partial charge in [0, 0.05) is 10.6 Å². The number of halogens is 1. The number of anilines is 1. The van der Waals surface area contributed by atoms with Crippen LogP contribution in [0.15, 0.2) is 30.3 Å². The number of aromatic nitrogens is 1. The number of rotatable bonds is 6. The van der Waals surface area contributed by atoms with E-state index in [1.165, 1.54) is 16.2 Å². The molecule has 0 atom stereocenters. The summed E-state index contributed by atoms with van der Waals surface area (Å²) in [6.07, 6.45) is 0. The fourth-order valence-corrected chi connectivity index (χ4v) is 4.85. The third kappa shape index (κ3) is 4.38. The highest BCUT2D eigenvalue weighted by Gasteiger charge is 2.09. The first kappa shape index (κ1) is 16.6. The van der Waals surface area contributed by atoms with Gasteiger partial charge in [0.1, 0.15) is 5.75 Å². The molecule has 0 aliphatic carbocycles. The van der Waals surface area contributed by atoms with Crippen LogP contribution in [-0.4, -0.2) is 23.8 Å². The molecule has 3 aromatic rings. The molecule has 8 heteroatoms. The van der Waals surface area contributed by atoms with Crippen molar-refractivity contribution in [2.45, 2.75) is 5.75 Å². The van der Waals surface area contributed by atoms with E-state index in [4.69, 9.17) is 16.3 Å². The van der Waals surface area contributed by atoms with E-state index in [0.717, 1.165) is 26.1 Å². The summed E-state index contributed by atoms with van der Waals surface area (Å²) in [6, 6.07) is 9.51. The Morgan fingerprint density at radius 2 is 2.22 bits per heavy atom. The third-order valence-corrected chi connectivity index (χ3v) is 6.28. The lowest BCUT2D eigenvalue weighted by Gasteiger charge is -2.00. The van der Waals surface area contributed by atoms with Gasteiger partial charge in [0.2, 0.25) is 5.91 Å². The van der Waals surface area contributed by atoms with E-state index in [9.17, 15) is 4.79 Å². The van der Waals surface area contributed by atoms with E-state index in [0.29, 0.717) is 10.9 Å². The normalized spacial score (nSPS) is 10.9. The van der Waals surface area contributed by atoms with E-state index in [1.54, 1.807) is 30.2 Å². The summed E-state index contributed by atoms with van der Waals surface area (Å²) in [6.45, 7) is 0. The molecule has 1 amide bonds. The van der Waals surface area contributed by atoms with E-state index >= 15 is 0 Å². The van der Waals surface area contributed by atoms with Crippen molar-refractivity contribution in [2.24, 2.45) is 0 Å². The van der Waals surface area contributed by atoms with Gasteiger partial charge in [-0.15, -0.1) is 23.1 Å². The molecule has 2 heterocycles. The van der Waals surface area contributed by atoms with Crippen molar-refractivity contribution in [2.75, 3.05) is 18.2 Å². The summed E-state index contributed by atoms with van der Waals surface area (Å²) in [4.78, 5) is 17.6. The maximum atomic E-state index is 12.0. The van der Waals surface area contributed by atoms with E-state index < -0.39 is 0 Å². The van der Waals surface area contributed by atoms with Gasteiger partial charge in [-0.1, -0.05) is 22.9 Å². The Kier molecular flexibility index (Phi) is 5.42. The number of fused-ring (bicyclic) bond motifs is 1. The van der Waals surface area contributed by atoms with Gasteiger partial charge in [-0.2, -0.15) is 0 Å². The van der Waals surface area contributed by atoms with Crippen molar-refractivity contribution < 1.29 is 9.53 Å². The average Bonchev–Trinajstić information content (AvgIpc) is 3.11. The lowest BCUT2D eigenvalue weighted by Crippen LogP contribution is -2.13. The van der Waals surface area contributed by atoms with Gasteiger partial charge in [0.05, 0.1) is 27.4 Å². The number of nitrogens with one attached hydrogen (secondary N) is 1. The van der Waals surface area contributed by atoms with Crippen molar-refractivity contribution in [3.8, 4) is 5.75 Å². The third-order valence-electron chi connectivity index (χ3n) is 2.95. The average molecular weight is 385 g/mol. The van der Waals surface area contributed by atoms with Gasteiger partial charge in [-0.25, -0.2) is 4.98 Å². The largest absolute Gasteiger partial charge is 0.497 e. The number of thiophene rings is 1. The maximum Gasteiger partial charge on any atom is 0.236 e. The number of hydrogen-bond acceptors (Lipinski definition) is 6. The summed E-state index contributed by atoms with van der Waals surface area (Å²) in [5.74, 6) is 1.89. The molecule has 1 N–H and O–H groups in total. The molecule has 0 saturated heterocycles. The van der Waals surface area contributed by atoms with Gasteiger partial charge in [-0.05, 0) is 30.3 Å². The van der Waals surface area contributed by atoms with E-state index in [1.807, 2.05) is 30.3 Å². The number of amides is 1. The standard InChI is InChI=1S/C15H13ClN2O2S3/c1-20-9-2-4-11-12(6-9)23-15(17-11)18-14(19)8-21-7-10-3-5-13(16)22-10/h2-6H,7-8H2,1H3,(H,17,18,19). The number of ether oxygens (including phenoxy) is 1. The van der Waals surface area contributed by atoms with Crippen LogP contribution in [-0.2, 0) is 10.5 Å². The smallest absolute Gasteiger partial charge is 0.236 e. The molecule has 0 bridgehead atoms. The molecule has 0 aliphatic rings. The molecule has 0 radical (unpaired) electrons. The Morgan fingerprint density at radius 3 is 2.96 bits per heavy atom. The Morgan fingerprint density at radius 1 is 1.35 bits per heavy atom. The number of thiazole rings is 1. The number of carbonyl (C=O) groups excluding carboxylic acids is 1. The van der Waals surface area contributed by atoms with Gasteiger partial charge in [0.15, 0.2) is 5.13 Å². The van der Waals surface area contributed by atoms with Crippen LogP contribution in [0, 0.1) is 0 Å². The molecule has 1 aromatic carbocycles. The topological polar surface area (TPSA) is 51.2 Å². The molecule has 2 aromatic heterocycles. The zero-order valence-corrected chi connectivity index (χ0v) is 15.4. The van der Waals surface area contributed by atoms with Crippen LogP contribution in [0.2, 0.25) is 4.34 Å². The summed E-state index contributed by atoms with van der Waals surface area (Å²) in [7, 11) is 1.63. The number of hydrogen-bond donors (Lipinski definition) is 1. The molecule has 23 heavy (non-hydrogen) atoms. The van der Waals surface area contributed by atoms with E-state index in [-0.39, 0.29) is 5.91 Å². The second-order valence-electron chi connectivity index (χ2n) is 4.60. The molecule has 0 spiro atoms. The van der Waals surface area contributed by atoms with Gasteiger partial charge in [-0.3, -0.25) is 4.79 Å².